The molecule has 0 radical (unpaired) electrons. The summed E-state index contributed by atoms with van der Waals surface area (Å²) in [6.45, 7) is 0. The molecule has 0 atom stereocenters. The summed E-state index contributed by atoms with van der Waals surface area (Å²) in [5.41, 5.74) is 1.78. The summed E-state index contributed by atoms with van der Waals surface area (Å²) < 4.78 is 13.4. The quantitative estimate of drug-likeness (QED) is 0.373. The Bertz CT molecular complexity index is 832. The van der Waals surface area contributed by atoms with Gasteiger partial charge in [0.15, 0.2) is 5.11 Å². The highest BCUT2D eigenvalue weighted by Gasteiger charge is 2.11. The monoisotopic (exact) mass is 367 g/mol. The number of hydrogen-bond donors (Lipinski definition) is 2. The molecule has 2 aromatic rings. The fourth-order valence-corrected chi connectivity index (χ4v) is 2.09. The zero-order valence-electron chi connectivity index (χ0n) is 11.8. The van der Waals surface area contributed by atoms with Crippen molar-refractivity contribution >= 4 is 46.5 Å². The van der Waals surface area contributed by atoms with Crippen molar-refractivity contribution in [3.8, 4) is 5.75 Å². The first-order valence-electron chi connectivity index (χ1n) is 6.38. The van der Waals surface area contributed by atoms with Crippen molar-refractivity contribution in [3.63, 3.8) is 0 Å². The van der Waals surface area contributed by atoms with Crippen LogP contribution in [0.2, 0.25) is 5.02 Å². The molecule has 124 valence electrons. The van der Waals surface area contributed by atoms with Crippen molar-refractivity contribution < 1.29 is 14.4 Å². The van der Waals surface area contributed by atoms with Gasteiger partial charge in [-0.05, 0) is 41.7 Å². The summed E-state index contributed by atoms with van der Waals surface area (Å²) in [6.07, 6.45) is 1.04. The van der Waals surface area contributed by atoms with Crippen molar-refractivity contribution in [1.29, 1.82) is 0 Å². The van der Waals surface area contributed by atoms with E-state index in [1.54, 1.807) is 6.07 Å². The maximum atomic E-state index is 13.4. The summed E-state index contributed by atoms with van der Waals surface area (Å²) >= 11 is 10.6. The van der Waals surface area contributed by atoms with Gasteiger partial charge < -0.3 is 10.4 Å². The lowest BCUT2D eigenvalue weighted by atomic mass is 10.2. The van der Waals surface area contributed by atoms with Crippen LogP contribution < -0.4 is 15.8 Å². The topological polar surface area (TPSA) is 103 Å². The SMILES string of the molecule is O=[N+]([O-])c1cc(Cl)cc(/C=N\NC(=S)Nc2ccccc2F)c1[O-]. The van der Waals surface area contributed by atoms with E-state index in [4.69, 9.17) is 23.8 Å². The number of hydrazone groups is 1. The van der Waals surface area contributed by atoms with Crippen LogP contribution >= 0.6 is 23.8 Å². The first kappa shape index (κ1) is 17.6. The fourth-order valence-electron chi connectivity index (χ4n) is 1.70. The highest BCUT2D eigenvalue weighted by molar-refractivity contribution is 7.80. The van der Waals surface area contributed by atoms with Crippen LogP contribution in [0.25, 0.3) is 0 Å². The van der Waals surface area contributed by atoms with E-state index in [0.717, 1.165) is 12.3 Å². The minimum absolute atomic E-state index is 0.0230. The minimum Gasteiger partial charge on any atom is -0.867 e. The normalized spacial score (nSPS) is 10.6. The summed E-state index contributed by atoms with van der Waals surface area (Å²) in [6, 6.07) is 8.06. The van der Waals surface area contributed by atoms with Crippen LogP contribution in [0, 0.1) is 15.9 Å². The van der Waals surface area contributed by atoms with Gasteiger partial charge in [0.05, 0.1) is 16.8 Å². The van der Waals surface area contributed by atoms with Crippen LogP contribution in [0.15, 0.2) is 41.5 Å². The minimum atomic E-state index is -0.831. The van der Waals surface area contributed by atoms with E-state index in [-0.39, 0.29) is 21.4 Å². The molecule has 10 heteroatoms. The smallest absolute Gasteiger partial charge is 0.263 e. The number of nitrogens with zero attached hydrogens (tertiary/aromatic N) is 2. The molecule has 0 aromatic heterocycles. The number of nitrogens with one attached hydrogen (secondary N) is 2. The molecule has 24 heavy (non-hydrogen) atoms. The fraction of sp³-hybridized carbons (Fsp3) is 0. The van der Waals surface area contributed by atoms with Crippen LogP contribution in [-0.4, -0.2) is 16.3 Å². The molecule has 0 saturated carbocycles. The number of benzene rings is 2. The van der Waals surface area contributed by atoms with Crippen molar-refractivity contribution in [3.05, 3.63) is 62.9 Å². The van der Waals surface area contributed by atoms with Gasteiger partial charge >= 0.3 is 0 Å². The van der Waals surface area contributed by atoms with Crippen molar-refractivity contribution in [2.45, 2.75) is 0 Å². The highest BCUT2D eigenvalue weighted by atomic mass is 35.5. The summed E-state index contributed by atoms with van der Waals surface area (Å²) in [7, 11) is 0. The van der Waals surface area contributed by atoms with Gasteiger partial charge in [-0.25, -0.2) is 4.39 Å². The lowest BCUT2D eigenvalue weighted by molar-refractivity contribution is -0.398. The van der Waals surface area contributed by atoms with Crippen LogP contribution in [0.1, 0.15) is 5.56 Å². The number of rotatable bonds is 4. The van der Waals surface area contributed by atoms with E-state index >= 15 is 0 Å². The standard InChI is InChI=1S/C14H10ClFN4O3S/c15-9-5-8(13(21)12(6-9)20(22)23)7-17-19-14(24)18-11-4-2-1-3-10(11)16/h1-7,21H,(H2,18,19,24)/p-1/b17-7-. The van der Waals surface area contributed by atoms with Crippen LogP contribution in [0.5, 0.6) is 5.75 Å². The van der Waals surface area contributed by atoms with Crippen LogP contribution in [0.4, 0.5) is 15.8 Å². The van der Waals surface area contributed by atoms with Gasteiger partial charge in [0.25, 0.3) is 5.69 Å². The molecule has 0 heterocycles. The lowest BCUT2D eigenvalue weighted by Crippen LogP contribution is -2.24. The Balaban J connectivity index is 2.08. The third-order valence-electron chi connectivity index (χ3n) is 2.75. The summed E-state index contributed by atoms with van der Waals surface area (Å²) in [5.74, 6) is -1.33. The number of nitro benzene ring substituents is 1. The highest BCUT2D eigenvalue weighted by Crippen LogP contribution is 2.29. The van der Waals surface area contributed by atoms with Crippen LogP contribution in [0.3, 0.4) is 0 Å². The molecule has 0 aliphatic rings. The van der Waals surface area contributed by atoms with E-state index in [0.29, 0.717) is 0 Å². The van der Waals surface area contributed by atoms with Gasteiger partial charge in [0.1, 0.15) is 5.82 Å². The van der Waals surface area contributed by atoms with Crippen LogP contribution in [-0.2, 0) is 0 Å². The Morgan fingerprint density at radius 3 is 2.75 bits per heavy atom. The van der Waals surface area contributed by atoms with Crippen molar-refractivity contribution in [1.82, 2.24) is 5.43 Å². The Morgan fingerprint density at radius 1 is 1.38 bits per heavy atom. The van der Waals surface area contributed by atoms with Gasteiger partial charge in [-0.2, -0.15) is 5.10 Å². The Morgan fingerprint density at radius 2 is 2.08 bits per heavy atom. The lowest BCUT2D eigenvalue weighted by Gasteiger charge is -2.11. The van der Waals surface area contributed by atoms with E-state index in [1.165, 1.54) is 24.3 Å². The molecule has 0 amide bonds. The van der Waals surface area contributed by atoms with E-state index in [2.05, 4.69) is 15.8 Å². The third-order valence-corrected chi connectivity index (χ3v) is 3.16. The first-order valence-corrected chi connectivity index (χ1v) is 7.16. The van der Waals surface area contributed by atoms with Gasteiger partial charge in [-0.15, -0.1) is 0 Å². The molecular formula is C14H9ClFN4O3S-. The molecule has 0 unspecified atom stereocenters. The average Bonchev–Trinajstić information content (AvgIpc) is 2.52. The predicted molar refractivity (Wildman–Crippen MR) is 90.9 cm³/mol. The maximum absolute atomic E-state index is 13.4. The average molecular weight is 368 g/mol. The zero-order chi connectivity index (χ0) is 17.7. The number of hydrogen-bond acceptors (Lipinski definition) is 5. The Hall–Kier alpha value is -2.78. The molecule has 7 nitrogen and oxygen atoms in total. The Labute approximate surface area is 145 Å². The number of para-hydroxylation sites is 1. The number of nitro groups is 1. The van der Waals surface area contributed by atoms with E-state index in [1.807, 2.05) is 0 Å². The first-order chi connectivity index (χ1) is 11.4. The number of thiocarbonyl (C=S) groups is 1. The van der Waals surface area contributed by atoms with Crippen molar-refractivity contribution in [2.75, 3.05) is 5.32 Å². The summed E-state index contributed by atoms with van der Waals surface area (Å²) in [4.78, 5) is 9.93. The van der Waals surface area contributed by atoms with E-state index in [9.17, 15) is 19.6 Å². The predicted octanol–water partition coefficient (Wildman–Crippen LogP) is 2.78. The molecule has 2 N–H and O–H groups in total. The second-order valence-corrected chi connectivity index (χ2v) is 5.25. The Kier molecular flexibility index (Phi) is 5.61. The zero-order valence-corrected chi connectivity index (χ0v) is 13.4. The summed E-state index contributed by atoms with van der Waals surface area (Å²) in [5, 5.41) is 28.9. The molecule has 2 aromatic carbocycles. The second kappa shape index (κ2) is 7.66. The third kappa shape index (κ3) is 4.37. The largest absolute Gasteiger partial charge is 0.867 e. The van der Waals surface area contributed by atoms with Gasteiger partial charge in [0.2, 0.25) is 0 Å². The number of halogens is 2. The maximum Gasteiger partial charge on any atom is 0.263 e. The van der Waals surface area contributed by atoms with Crippen molar-refractivity contribution in [2.24, 2.45) is 5.10 Å². The number of anilines is 1. The van der Waals surface area contributed by atoms with Gasteiger partial charge in [-0.3, -0.25) is 15.5 Å². The molecule has 0 bridgehead atoms. The van der Waals surface area contributed by atoms with E-state index < -0.39 is 22.2 Å². The van der Waals surface area contributed by atoms with Gasteiger partial charge in [0, 0.05) is 11.1 Å². The molecule has 2 rings (SSSR count). The molecule has 0 saturated heterocycles. The second-order valence-electron chi connectivity index (χ2n) is 4.40. The molecular weight excluding hydrogens is 359 g/mol. The molecule has 0 spiro atoms. The molecule has 0 fully saturated rings. The molecule has 0 aliphatic carbocycles. The molecule has 0 aliphatic heterocycles. The van der Waals surface area contributed by atoms with Gasteiger partial charge in [-0.1, -0.05) is 23.7 Å².